The molecule has 0 spiro atoms. The maximum Gasteiger partial charge on any atom is 0.136 e. The van der Waals surface area contributed by atoms with E-state index in [0.29, 0.717) is 0 Å². The molecule has 10 aromatic rings. The number of benzene rings is 9. The van der Waals surface area contributed by atoms with Crippen molar-refractivity contribution in [1.82, 2.24) is 0 Å². The highest BCUT2D eigenvalue weighted by molar-refractivity contribution is 6.28. The van der Waals surface area contributed by atoms with Gasteiger partial charge in [-0.25, -0.2) is 0 Å². The summed E-state index contributed by atoms with van der Waals surface area (Å²) in [6.07, 6.45) is 0. The quantitative estimate of drug-likeness (QED) is 0.145. The highest BCUT2D eigenvalue weighted by atomic mass is 16.3. The summed E-state index contributed by atoms with van der Waals surface area (Å²) in [5.74, 6) is 0. The number of furan rings is 1. The lowest BCUT2D eigenvalue weighted by Gasteiger charge is -2.19. The lowest BCUT2D eigenvalue weighted by molar-refractivity contribution is 0.669. The Kier molecular flexibility index (Phi) is 5.64. The minimum atomic E-state index is 0.940. The summed E-state index contributed by atoms with van der Waals surface area (Å²) in [5, 5.41) is 9.87. The van der Waals surface area contributed by atoms with Crippen molar-refractivity contribution in [1.29, 1.82) is 0 Å². The second-order valence-electron chi connectivity index (χ2n) is 12.4. The Bertz CT molecular complexity index is 2710. The van der Waals surface area contributed by atoms with Gasteiger partial charge in [0.05, 0.1) is 0 Å². The van der Waals surface area contributed by atoms with E-state index >= 15 is 0 Å². The first-order valence-electron chi connectivity index (χ1n) is 16.2. The second-order valence-corrected chi connectivity index (χ2v) is 12.4. The second kappa shape index (κ2) is 10.2. The van der Waals surface area contributed by atoms with E-state index in [9.17, 15) is 0 Å². The van der Waals surface area contributed by atoms with E-state index in [1.807, 2.05) is 0 Å². The Balaban J connectivity index is 1.20. The third-order valence-electron chi connectivity index (χ3n) is 9.86. The summed E-state index contributed by atoms with van der Waals surface area (Å²) in [4.78, 5) is 0. The van der Waals surface area contributed by atoms with Crippen LogP contribution in [0.3, 0.4) is 0 Å². The van der Waals surface area contributed by atoms with Gasteiger partial charge in [0, 0.05) is 10.8 Å². The molecular formula is C46H28O. The number of rotatable bonds is 4. The van der Waals surface area contributed by atoms with Crippen molar-refractivity contribution < 1.29 is 4.42 Å². The molecule has 0 aliphatic carbocycles. The van der Waals surface area contributed by atoms with Crippen LogP contribution in [0.15, 0.2) is 174 Å². The molecule has 0 N–H and O–H groups in total. The van der Waals surface area contributed by atoms with Gasteiger partial charge in [-0.1, -0.05) is 152 Å². The van der Waals surface area contributed by atoms with Gasteiger partial charge in [-0.2, -0.15) is 0 Å². The number of hydrogen-bond acceptors (Lipinski definition) is 1. The van der Waals surface area contributed by atoms with Crippen LogP contribution in [0, 0.1) is 0 Å². The van der Waals surface area contributed by atoms with E-state index < -0.39 is 0 Å². The Morgan fingerprint density at radius 1 is 0.277 bits per heavy atom. The predicted molar refractivity (Wildman–Crippen MR) is 199 cm³/mol. The maximum absolute atomic E-state index is 6.33. The fourth-order valence-corrected chi connectivity index (χ4v) is 7.82. The highest BCUT2D eigenvalue weighted by Gasteiger charge is 2.21. The van der Waals surface area contributed by atoms with Gasteiger partial charge in [-0.3, -0.25) is 0 Å². The molecule has 0 saturated heterocycles. The fourth-order valence-electron chi connectivity index (χ4n) is 7.82. The average Bonchev–Trinajstić information content (AvgIpc) is 3.53. The minimum absolute atomic E-state index is 0.940. The normalized spacial score (nSPS) is 11.8. The molecule has 1 aromatic heterocycles. The Hall–Kier alpha value is -6.18. The summed E-state index contributed by atoms with van der Waals surface area (Å²) in [6, 6.07) is 61.5. The van der Waals surface area contributed by atoms with Crippen LogP contribution in [-0.4, -0.2) is 0 Å². The van der Waals surface area contributed by atoms with Crippen molar-refractivity contribution in [3.8, 4) is 44.5 Å². The summed E-state index contributed by atoms with van der Waals surface area (Å²) in [6.45, 7) is 0. The standard InChI is InChI=1S/C46H28O/c1-2-11-29(12-3-1)33-14-4-5-15-34(33)30-21-23-32(24-22-30)43-35-16-6-8-18-37(35)45(38-19-9-7-17-36(38)43)39-27-28-42-46-40(39)26-25-31-13-10-20-41(47-42)44(31)46/h1-28H. The summed E-state index contributed by atoms with van der Waals surface area (Å²) in [5.41, 5.74) is 11.8. The smallest absolute Gasteiger partial charge is 0.136 e. The topological polar surface area (TPSA) is 13.1 Å². The van der Waals surface area contributed by atoms with E-state index in [1.54, 1.807) is 0 Å². The van der Waals surface area contributed by atoms with Gasteiger partial charge < -0.3 is 4.42 Å². The van der Waals surface area contributed by atoms with E-state index in [0.717, 1.165) is 11.2 Å². The molecule has 47 heavy (non-hydrogen) atoms. The first-order chi connectivity index (χ1) is 23.3. The molecule has 0 radical (unpaired) electrons. The minimum Gasteiger partial charge on any atom is -0.456 e. The van der Waals surface area contributed by atoms with Crippen LogP contribution in [0.2, 0.25) is 0 Å². The molecule has 1 heteroatoms. The molecule has 0 aliphatic heterocycles. The zero-order valence-corrected chi connectivity index (χ0v) is 25.6. The van der Waals surface area contributed by atoms with Crippen molar-refractivity contribution >= 4 is 54.3 Å². The summed E-state index contributed by atoms with van der Waals surface area (Å²) < 4.78 is 6.33. The molecule has 0 fully saturated rings. The molecule has 0 amide bonds. The monoisotopic (exact) mass is 596 g/mol. The van der Waals surface area contributed by atoms with Gasteiger partial charge in [-0.05, 0) is 95.0 Å². The van der Waals surface area contributed by atoms with Gasteiger partial charge in [-0.15, -0.1) is 0 Å². The van der Waals surface area contributed by atoms with Gasteiger partial charge in [0.1, 0.15) is 11.2 Å². The third-order valence-corrected chi connectivity index (χ3v) is 9.86. The molecule has 0 bridgehead atoms. The Morgan fingerprint density at radius 3 is 1.51 bits per heavy atom. The maximum atomic E-state index is 6.33. The largest absolute Gasteiger partial charge is 0.456 e. The number of fused-ring (bicyclic) bond motifs is 2. The van der Waals surface area contributed by atoms with Crippen molar-refractivity contribution in [2.45, 2.75) is 0 Å². The zero-order chi connectivity index (χ0) is 30.9. The van der Waals surface area contributed by atoms with Crippen molar-refractivity contribution in [2.75, 3.05) is 0 Å². The lowest BCUT2D eigenvalue weighted by atomic mass is 9.84. The van der Waals surface area contributed by atoms with Gasteiger partial charge in [0.25, 0.3) is 0 Å². The fraction of sp³-hybridized carbons (Fsp3) is 0. The molecule has 10 rings (SSSR count). The van der Waals surface area contributed by atoms with E-state index in [2.05, 4.69) is 170 Å². The van der Waals surface area contributed by atoms with Crippen LogP contribution < -0.4 is 0 Å². The van der Waals surface area contributed by atoms with Crippen LogP contribution in [0.4, 0.5) is 0 Å². The SMILES string of the molecule is c1ccc(-c2ccccc2-c2ccc(-c3c4ccccc4c(-c4ccc5oc6cccc7ccc4c5c76)c4ccccc34)cc2)cc1. The Morgan fingerprint density at radius 2 is 0.830 bits per heavy atom. The van der Waals surface area contributed by atoms with Crippen molar-refractivity contribution in [3.05, 3.63) is 170 Å². The Labute approximate surface area is 272 Å². The van der Waals surface area contributed by atoms with E-state index in [1.165, 1.54) is 87.6 Å². The zero-order valence-electron chi connectivity index (χ0n) is 25.6. The molecule has 0 atom stereocenters. The molecule has 218 valence electrons. The highest BCUT2D eigenvalue weighted by Crippen LogP contribution is 2.48. The van der Waals surface area contributed by atoms with Crippen LogP contribution >= 0.6 is 0 Å². The molecule has 1 nitrogen and oxygen atoms in total. The van der Waals surface area contributed by atoms with Gasteiger partial charge in [0.15, 0.2) is 0 Å². The van der Waals surface area contributed by atoms with Gasteiger partial charge >= 0.3 is 0 Å². The van der Waals surface area contributed by atoms with E-state index in [-0.39, 0.29) is 0 Å². The van der Waals surface area contributed by atoms with Crippen molar-refractivity contribution in [3.63, 3.8) is 0 Å². The molecule has 0 aliphatic rings. The predicted octanol–water partition coefficient (Wildman–Crippen LogP) is 13.2. The summed E-state index contributed by atoms with van der Waals surface area (Å²) in [7, 11) is 0. The van der Waals surface area contributed by atoms with Crippen LogP contribution in [0.25, 0.3) is 98.8 Å². The molecular weight excluding hydrogens is 569 g/mol. The van der Waals surface area contributed by atoms with Crippen LogP contribution in [-0.2, 0) is 0 Å². The molecule has 9 aromatic carbocycles. The first kappa shape index (κ1) is 26.1. The third kappa shape index (κ3) is 3.90. The summed E-state index contributed by atoms with van der Waals surface area (Å²) >= 11 is 0. The lowest BCUT2D eigenvalue weighted by Crippen LogP contribution is -1.92. The van der Waals surface area contributed by atoms with Crippen LogP contribution in [0.5, 0.6) is 0 Å². The van der Waals surface area contributed by atoms with Gasteiger partial charge in [0.2, 0.25) is 0 Å². The number of hydrogen-bond donors (Lipinski definition) is 0. The first-order valence-corrected chi connectivity index (χ1v) is 16.2. The molecule has 0 saturated carbocycles. The average molecular weight is 597 g/mol. The van der Waals surface area contributed by atoms with Crippen LogP contribution in [0.1, 0.15) is 0 Å². The van der Waals surface area contributed by atoms with E-state index in [4.69, 9.17) is 4.42 Å². The molecule has 1 heterocycles. The van der Waals surface area contributed by atoms with Crippen molar-refractivity contribution in [2.24, 2.45) is 0 Å². The molecule has 0 unspecified atom stereocenters.